The number of halogens is 2. The van der Waals surface area contributed by atoms with Crippen LogP contribution < -0.4 is 14.5 Å². The molecule has 0 amide bonds. The first-order valence-electron chi connectivity index (χ1n) is 11.5. The van der Waals surface area contributed by atoms with Crippen LogP contribution in [0.4, 0.5) is 16.2 Å². The molecule has 0 bridgehead atoms. The summed E-state index contributed by atoms with van der Waals surface area (Å²) in [6, 6.07) is 9.55. The van der Waals surface area contributed by atoms with Gasteiger partial charge in [0.25, 0.3) is 0 Å². The third-order valence-corrected chi connectivity index (χ3v) is 7.42. The summed E-state index contributed by atoms with van der Waals surface area (Å²) >= 11 is 6.32. The van der Waals surface area contributed by atoms with Crippen LogP contribution in [0, 0.1) is 22.6 Å². The van der Waals surface area contributed by atoms with Gasteiger partial charge in [-0.1, -0.05) is 11.6 Å². The molecule has 0 aliphatic carbocycles. The molecule has 0 N–H and O–H groups in total. The molecule has 9 nitrogen and oxygen atoms in total. The lowest BCUT2D eigenvalue weighted by molar-refractivity contribution is 0.153. The Hall–Kier alpha value is -3.42. The molecule has 2 fully saturated rings. The molecule has 2 saturated heterocycles. The van der Waals surface area contributed by atoms with Crippen LogP contribution in [0.1, 0.15) is 18.3 Å². The van der Waals surface area contributed by atoms with Gasteiger partial charge in [-0.15, -0.1) is 10.2 Å². The largest absolute Gasteiger partial charge is 0.493 e. The minimum absolute atomic E-state index is 0.143. The first-order valence-corrected chi connectivity index (χ1v) is 11.8. The van der Waals surface area contributed by atoms with Gasteiger partial charge in [-0.05, 0) is 30.7 Å². The van der Waals surface area contributed by atoms with Crippen LogP contribution in [-0.2, 0) is 13.1 Å². The molecule has 180 valence electrons. The molecule has 3 aliphatic rings. The second kappa shape index (κ2) is 8.07. The number of nitriles is 1. The van der Waals surface area contributed by atoms with Crippen LogP contribution in [0.15, 0.2) is 30.5 Å². The van der Waals surface area contributed by atoms with Gasteiger partial charge in [0.1, 0.15) is 5.82 Å². The predicted molar refractivity (Wildman–Crippen MR) is 128 cm³/mol. The van der Waals surface area contributed by atoms with Gasteiger partial charge in [0, 0.05) is 49.2 Å². The molecule has 0 radical (unpaired) electrons. The maximum Gasteiger partial charge on any atom is 0.231 e. The molecule has 0 saturated carbocycles. The molecule has 35 heavy (non-hydrogen) atoms. The lowest BCUT2D eigenvalue weighted by atomic mass is 9.73. The number of hydrogen-bond acceptors (Lipinski definition) is 8. The van der Waals surface area contributed by atoms with Crippen LogP contribution in [0.5, 0.6) is 5.75 Å². The Balaban J connectivity index is 1.23. The number of anilines is 2. The maximum atomic E-state index is 13.7. The van der Waals surface area contributed by atoms with Gasteiger partial charge in [0.2, 0.25) is 5.95 Å². The van der Waals surface area contributed by atoms with E-state index in [0.717, 1.165) is 55.0 Å². The number of fused-ring (bicyclic) bond motifs is 3. The van der Waals surface area contributed by atoms with Crippen molar-refractivity contribution in [1.82, 2.24) is 24.6 Å². The Morgan fingerprint density at radius 1 is 1.14 bits per heavy atom. The van der Waals surface area contributed by atoms with Crippen molar-refractivity contribution < 1.29 is 9.13 Å². The summed E-state index contributed by atoms with van der Waals surface area (Å²) in [5.74, 6) is 2.08. The van der Waals surface area contributed by atoms with Crippen molar-refractivity contribution in [1.29, 1.82) is 5.26 Å². The predicted octanol–water partition coefficient (Wildman–Crippen LogP) is 3.02. The van der Waals surface area contributed by atoms with Gasteiger partial charge in [-0.3, -0.25) is 9.47 Å². The second-order valence-corrected chi connectivity index (χ2v) is 10.1. The zero-order chi connectivity index (χ0) is 24.3. The number of pyridine rings is 1. The highest BCUT2D eigenvalue weighted by Gasteiger charge is 2.53. The minimum Gasteiger partial charge on any atom is -0.493 e. The molecule has 1 unspecified atom stereocenters. The van der Waals surface area contributed by atoms with Gasteiger partial charge < -0.3 is 14.5 Å². The Labute approximate surface area is 207 Å². The normalized spacial score (nSPS) is 19.2. The Morgan fingerprint density at radius 3 is 2.66 bits per heavy atom. The Bertz CT molecular complexity index is 1340. The number of benzene rings is 1. The van der Waals surface area contributed by atoms with Crippen LogP contribution >= 0.6 is 11.6 Å². The van der Waals surface area contributed by atoms with E-state index in [2.05, 4.69) is 40.5 Å². The second-order valence-electron chi connectivity index (χ2n) is 9.62. The summed E-state index contributed by atoms with van der Waals surface area (Å²) in [6.07, 6.45) is 1.21. The van der Waals surface area contributed by atoms with Crippen LogP contribution in [0.25, 0.3) is 5.69 Å². The lowest BCUT2D eigenvalue weighted by Crippen LogP contribution is -2.73. The van der Waals surface area contributed by atoms with Crippen molar-refractivity contribution in [2.75, 3.05) is 43.1 Å². The molecule has 1 atom stereocenters. The SMILES string of the molecule is COc1cc(N2CC3(C2)CN(c2nnc4n2-c2ccc(Cl)cc2CN(C(C)C#N)C4)C3)ncc1F. The van der Waals surface area contributed by atoms with Gasteiger partial charge in [-0.2, -0.15) is 5.26 Å². The van der Waals surface area contributed by atoms with E-state index >= 15 is 0 Å². The van der Waals surface area contributed by atoms with Crippen molar-refractivity contribution in [2.45, 2.75) is 26.1 Å². The topological polar surface area (TPSA) is 86.3 Å². The highest BCUT2D eigenvalue weighted by molar-refractivity contribution is 6.30. The van der Waals surface area contributed by atoms with E-state index in [1.165, 1.54) is 13.3 Å². The first kappa shape index (κ1) is 22.1. The van der Waals surface area contributed by atoms with Gasteiger partial charge >= 0.3 is 0 Å². The smallest absolute Gasteiger partial charge is 0.231 e. The van der Waals surface area contributed by atoms with Crippen molar-refractivity contribution in [2.24, 2.45) is 5.41 Å². The average molecular weight is 495 g/mol. The van der Waals surface area contributed by atoms with E-state index in [4.69, 9.17) is 16.3 Å². The van der Waals surface area contributed by atoms with E-state index in [1.54, 1.807) is 6.07 Å². The van der Waals surface area contributed by atoms with Gasteiger partial charge in [0.05, 0.1) is 37.6 Å². The number of aromatic nitrogens is 4. The van der Waals surface area contributed by atoms with Crippen molar-refractivity contribution in [3.8, 4) is 17.5 Å². The third-order valence-electron chi connectivity index (χ3n) is 7.19. The molecule has 6 rings (SSSR count). The summed E-state index contributed by atoms with van der Waals surface area (Å²) < 4.78 is 20.9. The first-order chi connectivity index (χ1) is 16.9. The lowest BCUT2D eigenvalue weighted by Gasteiger charge is -2.60. The maximum absolute atomic E-state index is 13.7. The highest BCUT2D eigenvalue weighted by atomic mass is 35.5. The fourth-order valence-electron chi connectivity index (χ4n) is 5.34. The van der Waals surface area contributed by atoms with Crippen LogP contribution in [0.3, 0.4) is 0 Å². The number of methoxy groups -OCH3 is 1. The number of ether oxygens (including phenoxy) is 1. The fraction of sp³-hybridized carbons (Fsp3) is 0.417. The molecule has 1 aromatic carbocycles. The number of nitrogens with zero attached hydrogens (tertiary/aromatic N) is 8. The molecule has 3 aromatic rings. The molecular formula is C24H24ClFN8O. The molecular weight excluding hydrogens is 471 g/mol. The van der Waals surface area contributed by atoms with Crippen LogP contribution in [0.2, 0.25) is 5.02 Å². The zero-order valence-corrected chi connectivity index (χ0v) is 20.2. The number of rotatable bonds is 4. The van der Waals surface area contributed by atoms with E-state index in [9.17, 15) is 9.65 Å². The summed E-state index contributed by atoms with van der Waals surface area (Å²) in [4.78, 5) is 10.7. The monoisotopic (exact) mass is 494 g/mol. The van der Waals surface area contributed by atoms with E-state index in [0.29, 0.717) is 18.1 Å². The van der Waals surface area contributed by atoms with E-state index in [-0.39, 0.29) is 17.2 Å². The Morgan fingerprint density at radius 2 is 1.91 bits per heavy atom. The average Bonchev–Trinajstić information content (AvgIpc) is 3.12. The molecule has 2 aromatic heterocycles. The van der Waals surface area contributed by atoms with Gasteiger partial charge in [0.15, 0.2) is 17.4 Å². The van der Waals surface area contributed by atoms with Crippen molar-refractivity contribution in [3.05, 3.63) is 52.7 Å². The van der Waals surface area contributed by atoms with Crippen LogP contribution in [-0.4, -0.2) is 64.0 Å². The molecule has 3 aliphatic heterocycles. The van der Waals surface area contributed by atoms with E-state index in [1.807, 2.05) is 25.1 Å². The Kier molecular flexibility index (Phi) is 5.09. The molecule has 11 heteroatoms. The summed E-state index contributed by atoms with van der Waals surface area (Å²) in [5.41, 5.74) is 2.18. The minimum atomic E-state index is -0.460. The third kappa shape index (κ3) is 3.58. The highest BCUT2D eigenvalue weighted by Crippen LogP contribution is 2.44. The fourth-order valence-corrected chi connectivity index (χ4v) is 5.54. The molecule has 5 heterocycles. The summed E-state index contributed by atoms with van der Waals surface area (Å²) in [5, 5.41) is 19.2. The standard InChI is InChI=1S/C24H24ClFN8O/c1-15(7-27)31-9-16-5-17(25)3-4-19(16)34-22(10-31)29-30-23(34)33-13-24(14-33)11-32(12-24)21-6-20(35-2)18(26)8-28-21/h3-6,8,15H,9-14H2,1-2H3. The van der Waals surface area contributed by atoms with Gasteiger partial charge in [-0.25, -0.2) is 9.37 Å². The zero-order valence-electron chi connectivity index (χ0n) is 19.4. The summed E-state index contributed by atoms with van der Waals surface area (Å²) in [6.45, 7) is 6.41. The van der Waals surface area contributed by atoms with Crippen molar-refractivity contribution >= 4 is 23.4 Å². The molecule has 1 spiro atoms. The quantitative estimate of drug-likeness (QED) is 0.547. The summed E-state index contributed by atoms with van der Waals surface area (Å²) in [7, 11) is 1.46. The number of hydrogen-bond donors (Lipinski definition) is 0. The van der Waals surface area contributed by atoms with Crippen molar-refractivity contribution in [3.63, 3.8) is 0 Å². The van der Waals surface area contributed by atoms with E-state index < -0.39 is 5.82 Å².